The molecule has 4 aromatic rings. The molecule has 2 aromatic heterocycles. The summed E-state index contributed by atoms with van der Waals surface area (Å²) in [5, 5.41) is 20.2. The number of anilines is 2. The van der Waals surface area contributed by atoms with Gasteiger partial charge < -0.3 is 20.1 Å². The Morgan fingerprint density at radius 2 is 1.96 bits per heavy atom. The highest BCUT2D eigenvalue weighted by atomic mass is 35.5. The third-order valence-corrected chi connectivity index (χ3v) is 11.4. The van der Waals surface area contributed by atoms with Crippen LogP contribution < -0.4 is 20.1 Å². The summed E-state index contributed by atoms with van der Waals surface area (Å²) in [6.07, 6.45) is 5.60. The Labute approximate surface area is 266 Å². The summed E-state index contributed by atoms with van der Waals surface area (Å²) in [5.74, 6) is -0.972. The minimum atomic E-state index is -0.772. The minimum Gasteiger partial charge on any atom is -0.489 e. The maximum atomic E-state index is 17.1. The van der Waals surface area contributed by atoms with Gasteiger partial charge in [-0.05, 0) is 63.2 Å². The van der Waals surface area contributed by atoms with E-state index < -0.39 is 11.6 Å². The molecule has 9 nitrogen and oxygen atoms in total. The first-order valence-electron chi connectivity index (χ1n) is 15.1. The number of rotatable bonds is 4. The van der Waals surface area contributed by atoms with Crippen LogP contribution in [0.1, 0.15) is 44.1 Å². The van der Waals surface area contributed by atoms with Crippen LogP contribution in [0.5, 0.6) is 11.8 Å². The number of fused-ring (bicyclic) bond motifs is 4. The van der Waals surface area contributed by atoms with E-state index in [-0.39, 0.29) is 78.2 Å². The maximum absolute atomic E-state index is 17.1. The van der Waals surface area contributed by atoms with Gasteiger partial charge in [-0.3, -0.25) is 4.90 Å². The van der Waals surface area contributed by atoms with Crippen LogP contribution in [0.4, 0.5) is 19.6 Å². The molecule has 13 heteroatoms. The highest BCUT2D eigenvalue weighted by molar-refractivity contribution is 7.23. The Balaban J connectivity index is 1.36. The number of halogens is 3. The molecule has 230 valence electrons. The van der Waals surface area contributed by atoms with Gasteiger partial charge in [-0.15, -0.1) is 11.3 Å². The Bertz CT molecular complexity index is 1980. The zero-order chi connectivity index (χ0) is 31.0. The smallest absolute Gasteiger partial charge is 0.319 e. The predicted molar refractivity (Wildman–Crippen MR) is 168 cm³/mol. The molecule has 0 amide bonds. The topological polar surface area (TPSA) is 124 Å². The number of thiophene rings is 1. The molecule has 0 aliphatic carbocycles. The molecule has 2 atom stereocenters. The van der Waals surface area contributed by atoms with E-state index in [1.807, 2.05) is 11.0 Å². The molecule has 6 heterocycles. The summed E-state index contributed by atoms with van der Waals surface area (Å²) >= 11 is 7.94. The monoisotopic (exact) mass is 647 g/mol. The van der Waals surface area contributed by atoms with Gasteiger partial charge in [0.25, 0.3) is 0 Å². The fourth-order valence-electron chi connectivity index (χ4n) is 7.79. The van der Waals surface area contributed by atoms with E-state index in [1.165, 1.54) is 12.1 Å². The molecule has 8 rings (SSSR count). The van der Waals surface area contributed by atoms with Crippen LogP contribution in [-0.4, -0.2) is 59.3 Å². The van der Waals surface area contributed by atoms with Crippen LogP contribution >= 0.6 is 22.9 Å². The Morgan fingerprint density at radius 1 is 1.16 bits per heavy atom. The van der Waals surface area contributed by atoms with Crippen molar-refractivity contribution in [2.24, 2.45) is 5.92 Å². The van der Waals surface area contributed by atoms with Gasteiger partial charge in [-0.1, -0.05) is 17.7 Å². The Hall–Kier alpha value is -3.97. The van der Waals surface area contributed by atoms with Crippen molar-refractivity contribution in [3.63, 3.8) is 0 Å². The summed E-state index contributed by atoms with van der Waals surface area (Å²) in [7, 11) is 0. The Morgan fingerprint density at radius 3 is 2.71 bits per heavy atom. The molecule has 4 aliphatic rings. The number of aromatic nitrogens is 2. The Kier molecular flexibility index (Phi) is 6.68. The molecule has 0 spiro atoms. The number of benzene rings is 2. The largest absolute Gasteiger partial charge is 0.489 e. The first-order valence-corrected chi connectivity index (χ1v) is 16.3. The number of ether oxygens (including phenoxy) is 2. The van der Waals surface area contributed by atoms with Crippen molar-refractivity contribution in [3.8, 4) is 35.0 Å². The highest BCUT2D eigenvalue weighted by Gasteiger charge is 2.45. The van der Waals surface area contributed by atoms with Gasteiger partial charge in [-0.25, -0.2) is 8.78 Å². The number of piperidine rings is 1. The summed E-state index contributed by atoms with van der Waals surface area (Å²) in [5.41, 5.74) is 6.14. The number of nitrogens with two attached hydrogens (primary N) is 1. The van der Waals surface area contributed by atoms with Crippen LogP contribution in [0.2, 0.25) is 5.02 Å². The van der Waals surface area contributed by atoms with Crippen LogP contribution in [0.25, 0.3) is 32.1 Å². The quantitative estimate of drug-likeness (QED) is 0.268. The average molecular weight is 648 g/mol. The molecule has 0 radical (unpaired) electrons. The lowest BCUT2D eigenvalue weighted by atomic mass is 9.93. The summed E-state index contributed by atoms with van der Waals surface area (Å²) < 4.78 is 44.8. The average Bonchev–Trinajstić information content (AvgIpc) is 3.70. The van der Waals surface area contributed by atoms with Crippen molar-refractivity contribution in [1.82, 2.24) is 14.9 Å². The van der Waals surface area contributed by atoms with Crippen molar-refractivity contribution < 1.29 is 18.3 Å². The summed E-state index contributed by atoms with van der Waals surface area (Å²) in [6, 6.07) is 6.93. The lowest BCUT2D eigenvalue weighted by molar-refractivity contribution is 0.108. The van der Waals surface area contributed by atoms with Gasteiger partial charge >= 0.3 is 6.01 Å². The number of hydrogen-bond donors (Lipinski definition) is 1. The second-order valence-corrected chi connectivity index (χ2v) is 13.8. The van der Waals surface area contributed by atoms with Crippen LogP contribution in [0.15, 0.2) is 12.1 Å². The van der Waals surface area contributed by atoms with E-state index in [4.69, 9.17) is 31.8 Å². The van der Waals surface area contributed by atoms with Crippen molar-refractivity contribution >= 4 is 54.7 Å². The second kappa shape index (κ2) is 10.5. The van der Waals surface area contributed by atoms with Gasteiger partial charge in [0.05, 0.1) is 44.2 Å². The predicted octanol–water partition coefficient (Wildman–Crippen LogP) is 6.41. The molecule has 4 aliphatic heterocycles. The van der Waals surface area contributed by atoms with E-state index in [2.05, 4.69) is 16.0 Å². The van der Waals surface area contributed by atoms with Crippen molar-refractivity contribution in [1.29, 1.82) is 10.5 Å². The summed E-state index contributed by atoms with van der Waals surface area (Å²) in [4.78, 5) is 13.9. The molecular formula is C32H28ClF2N7O2S. The number of nitriles is 2. The molecule has 0 saturated carbocycles. The molecule has 2 unspecified atom stereocenters. The molecule has 45 heavy (non-hydrogen) atoms. The first kappa shape index (κ1) is 28.5. The molecule has 3 saturated heterocycles. The van der Waals surface area contributed by atoms with Gasteiger partial charge in [0.2, 0.25) is 0 Å². The standard InChI is InChI=1S/C32H28ClF2N7O2S/c33-24-22(18-5-6-20(34)28-21(18)19(12-37)29(38)45-28)25(35)26-23-27(24)43-14-17-4-3-16(11-36)13-42(17)30(23)40-31(39-26)44-15-32-7-1-9-41(32)10-2-8-32/h5-6,16-17H,1-4,7-10,13-15,38H2. The number of nitrogens with zero attached hydrogens (tertiary/aromatic N) is 6. The normalized spacial score (nSPS) is 22.0. The third-order valence-electron chi connectivity index (χ3n) is 10.0. The lowest BCUT2D eigenvalue weighted by Crippen LogP contribution is -2.46. The molecular weight excluding hydrogens is 620 g/mol. The highest BCUT2D eigenvalue weighted by Crippen LogP contribution is 2.51. The first-order chi connectivity index (χ1) is 21.8. The molecule has 2 N–H and O–H groups in total. The van der Waals surface area contributed by atoms with E-state index in [9.17, 15) is 14.9 Å². The number of nitrogen functional groups attached to an aromatic ring is 1. The van der Waals surface area contributed by atoms with Gasteiger partial charge in [0.15, 0.2) is 11.6 Å². The van der Waals surface area contributed by atoms with Crippen molar-refractivity contribution in [3.05, 3.63) is 34.4 Å². The maximum Gasteiger partial charge on any atom is 0.319 e. The van der Waals surface area contributed by atoms with Gasteiger partial charge in [-0.2, -0.15) is 20.5 Å². The van der Waals surface area contributed by atoms with Crippen LogP contribution in [0, 0.1) is 40.2 Å². The van der Waals surface area contributed by atoms with E-state index in [0.717, 1.165) is 50.1 Å². The van der Waals surface area contributed by atoms with Crippen molar-refractivity contribution in [2.45, 2.75) is 50.1 Å². The van der Waals surface area contributed by atoms with Crippen molar-refractivity contribution in [2.75, 3.05) is 43.5 Å². The third kappa shape index (κ3) is 4.23. The zero-order valence-corrected chi connectivity index (χ0v) is 25.8. The fraction of sp³-hybridized carbons (Fsp3) is 0.438. The minimum absolute atomic E-state index is 0.0326. The number of hydrogen-bond acceptors (Lipinski definition) is 10. The fourth-order valence-corrected chi connectivity index (χ4v) is 9.08. The zero-order valence-electron chi connectivity index (χ0n) is 24.2. The second-order valence-electron chi connectivity index (χ2n) is 12.4. The summed E-state index contributed by atoms with van der Waals surface area (Å²) in [6.45, 7) is 3.06. The molecule has 3 fully saturated rings. The molecule has 2 aromatic carbocycles. The SMILES string of the molecule is N#Cc1c(N)sc2c(F)ccc(-c3c(Cl)c4c5c(nc(OCC67CCCN6CCC7)nc5c3F)N3CC(C#N)CCC3CO4)c12. The van der Waals surface area contributed by atoms with Gasteiger partial charge in [0, 0.05) is 17.5 Å². The van der Waals surface area contributed by atoms with Gasteiger partial charge in [0.1, 0.15) is 41.4 Å². The van der Waals surface area contributed by atoms with E-state index >= 15 is 4.39 Å². The van der Waals surface area contributed by atoms with Crippen LogP contribution in [-0.2, 0) is 0 Å². The van der Waals surface area contributed by atoms with E-state index in [0.29, 0.717) is 37.2 Å². The lowest BCUT2D eigenvalue weighted by Gasteiger charge is -2.37. The molecule has 0 bridgehead atoms. The van der Waals surface area contributed by atoms with E-state index in [1.54, 1.807) is 0 Å². The van der Waals surface area contributed by atoms with Crippen LogP contribution in [0.3, 0.4) is 0 Å².